The molecule has 0 atom stereocenters. The van der Waals surface area contributed by atoms with E-state index in [0.717, 1.165) is 29.0 Å². The number of benzene rings is 1. The summed E-state index contributed by atoms with van der Waals surface area (Å²) in [5, 5.41) is 7.82. The van der Waals surface area contributed by atoms with Crippen LogP contribution in [-0.4, -0.2) is 23.0 Å². The van der Waals surface area contributed by atoms with Gasteiger partial charge in [0, 0.05) is 23.7 Å². The molecule has 112 valence electrons. The van der Waals surface area contributed by atoms with Crippen molar-refractivity contribution in [1.82, 2.24) is 15.6 Å². The molecule has 4 nitrogen and oxygen atoms in total. The standard InChI is InChI=1S/C17H24N4/c1-5-18-16(21-17(2,3)4)20-12-14-9-6-8-13-10-7-11-19-15(13)14/h6-11H,5,12H2,1-4H3,(H2,18,20,21). The number of hydrogen-bond acceptors (Lipinski definition) is 2. The molecule has 0 radical (unpaired) electrons. The van der Waals surface area contributed by atoms with E-state index in [2.05, 4.69) is 72.6 Å². The van der Waals surface area contributed by atoms with Gasteiger partial charge in [0.05, 0.1) is 12.1 Å². The predicted octanol–water partition coefficient (Wildman–Crippen LogP) is 3.09. The zero-order valence-corrected chi connectivity index (χ0v) is 13.3. The fourth-order valence-corrected chi connectivity index (χ4v) is 2.12. The van der Waals surface area contributed by atoms with Gasteiger partial charge in [-0.15, -0.1) is 0 Å². The smallest absolute Gasteiger partial charge is 0.191 e. The van der Waals surface area contributed by atoms with Gasteiger partial charge in [-0.3, -0.25) is 4.98 Å². The van der Waals surface area contributed by atoms with Crippen LogP contribution in [0.5, 0.6) is 0 Å². The number of pyridine rings is 1. The predicted molar refractivity (Wildman–Crippen MR) is 89.4 cm³/mol. The Morgan fingerprint density at radius 2 is 1.95 bits per heavy atom. The molecule has 0 aliphatic heterocycles. The molecular weight excluding hydrogens is 260 g/mol. The van der Waals surface area contributed by atoms with E-state index in [1.807, 2.05) is 12.3 Å². The van der Waals surface area contributed by atoms with Crippen molar-refractivity contribution in [2.24, 2.45) is 4.99 Å². The second-order valence-electron chi connectivity index (χ2n) is 6.06. The lowest BCUT2D eigenvalue weighted by atomic mass is 10.1. The maximum atomic E-state index is 4.67. The van der Waals surface area contributed by atoms with E-state index in [0.29, 0.717) is 6.54 Å². The molecule has 2 aromatic rings. The van der Waals surface area contributed by atoms with Gasteiger partial charge in [0.25, 0.3) is 0 Å². The summed E-state index contributed by atoms with van der Waals surface area (Å²) in [7, 11) is 0. The van der Waals surface area contributed by atoms with Gasteiger partial charge in [-0.05, 0) is 39.3 Å². The van der Waals surface area contributed by atoms with Crippen LogP contribution in [0.2, 0.25) is 0 Å². The minimum atomic E-state index is -0.0159. The highest BCUT2D eigenvalue weighted by atomic mass is 15.2. The highest BCUT2D eigenvalue weighted by Crippen LogP contribution is 2.16. The molecule has 0 bridgehead atoms. The number of aliphatic imine (C=N–C) groups is 1. The van der Waals surface area contributed by atoms with E-state index in [4.69, 9.17) is 0 Å². The minimum Gasteiger partial charge on any atom is -0.357 e. The SMILES string of the molecule is CCNC(=NCc1cccc2cccnc12)NC(C)(C)C. The van der Waals surface area contributed by atoms with Crippen molar-refractivity contribution < 1.29 is 0 Å². The normalized spacial score (nSPS) is 12.5. The number of fused-ring (bicyclic) bond motifs is 1. The molecule has 4 heteroatoms. The molecule has 0 aliphatic rings. The third-order valence-corrected chi connectivity index (χ3v) is 2.96. The second kappa shape index (κ2) is 6.57. The molecule has 1 aromatic heterocycles. The van der Waals surface area contributed by atoms with Crippen LogP contribution in [0.25, 0.3) is 10.9 Å². The molecule has 0 aliphatic carbocycles. The monoisotopic (exact) mass is 284 g/mol. The zero-order chi connectivity index (χ0) is 15.3. The molecule has 0 amide bonds. The first kappa shape index (κ1) is 15.3. The summed E-state index contributed by atoms with van der Waals surface area (Å²) in [4.78, 5) is 9.14. The van der Waals surface area contributed by atoms with E-state index in [1.54, 1.807) is 0 Å². The quantitative estimate of drug-likeness (QED) is 0.672. The lowest BCUT2D eigenvalue weighted by molar-refractivity contribution is 0.501. The number of nitrogens with one attached hydrogen (secondary N) is 2. The number of aromatic nitrogens is 1. The molecule has 1 heterocycles. The first-order chi connectivity index (χ1) is 9.99. The summed E-state index contributed by atoms with van der Waals surface area (Å²) in [6, 6.07) is 10.3. The molecular formula is C17H24N4. The van der Waals surface area contributed by atoms with Gasteiger partial charge in [-0.2, -0.15) is 0 Å². The molecule has 21 heavy (non-hydrogen) atoms. The average Bonchev–Trinajstić information content (AvgIpc) is 2.43. The highest BCUT2D eigenvalue weighted by Gasteiger charge is 2.11. The zero-order valence-electron chi connectivity index (χ0n) is 13.3. The summed E-state index contributed by atoms with van der Waals surface area (Å²) in [5.74, 6) is 0.831. The molecule has 2 rings (SSSR count). The first-order valence-electron chi connectivity index (χ1n) is 7.39. The minimum absolute atomic E-state index is 0.0159. The van der Waals surface area contributed by atoms with Gasteiger partial charge >= 0.3 is 0 Å². The van der Waals surface area contributed by atoms with Crippen LogP contribution in [0, 0.1) is 0 Å². The Kier molecular flexibility index (Phi) is 4.78. The van der Waals surface area contributed by atoms with Crippen LogP contribution in [0.4, 0.5) is 0 Å². The van der Waals surface area contributed by atoms with Crippen molar-refractivity contribution in [3.8, 4) is 0 Å². The lowest BCUT2D eigenvalue weighted by Gasteiger charge is -2.23. The summed E-state index contributed by atoms with van der Waals surface area (Å²) >= 11 is 0. The third kappa shape index (κ3) is 4.45. The van der Waals surface area contributed by atoms with Crippen molar-refractivity contribution in [3.63, 3.8) is 0 Å². The van der Waals surface area contributed by atoms with Gasteiger partial charge in [-0.25, -0.2) is 4.99 Å². The molecule has 2 N–H and O–H groups in total. The maximum absolute atomic E-state index is 4.67. The summed E-state index contributed by atoms with van der Waals surface area (Å²) in [6.45, 7) is 9.90. The Balaban J connectivity index is 2.23. The lowest BCUT2D eigenvalue weighted by Crippen LogP contribution is -2.47. The van der Waals surface area contributed by atoms with Crippen molar-refractivity contribution in [3.05, 3.63) is 42.1 Å². The Bertz CT molecular complexity index is 621. The van der Waals surface area contributed by atoms with E-state index in [-0.39, 0.29) is 5.54 Å². The fourth-order valence-electron chi connectivity index (χ4n) is 2.12. The van der Waals surface area contributed by atoms with Crippen LogP contribution < -0.4 is 10.6 Å². The van der Waals surface area contributed by atoms with Gasteiger partial charge in [-0.1, -0.05) is 24.3 Å². The largest absolute Gasteiger partial charge is 0.357 e. The van der Waals surface area contributed by atoms with Crippen molar-refractivity contribution in [2.45, 2.75) is 39.8 Å². The van der Waals surface area contributed by atoms with Crippen molar-refractivity contribution >= 4 is 16.9 Å². The highest BCUT2D eigenvalue weighted by molar-refractivity contribution is 5.83. The molecule has 0 fully saturated rings. The maximum Gasteiger partial charge on any atom is 0.191 e. The Morgan fingerprint density at radius 1 is 1.19 bits per heavy atom. The van der Waals surface area contributed by atoms with Gasteiger partial charge < -0.3 is 10.6 Å². The van der Waals surface area contributed by atoms with E-state index in [9.17, 15) is 0 Å². The third-order valence-electron chi connectivity index (χ3n) is 2.96. The van der Waals surface area contributed by atoms with Crippen LogP contribution in [-0.2, 0) is 6.54 Å². The van der Waals surface area contributed by atoms with Crippen LogP contribution in [0.15, 0.2) is 41.5 Å². The summed E-state index contributed by atoms with van der Waals surface area (Å²) in [6.07, 6.45) is 1.83. The van der Waals surface area contributed by atoms with Crippen LogP contribution in [0.1, 0.15) is 33.3 Å². The summed E-state index contributed by atoms with van der Waals surface area (Å²) in [5.41, 5.74) is 2.15. The average molecular weight is 284 g/mol. The summed E-state index contributed by atoms with van der Waals surface area (Å²) < 4.78 is 0. The van der Waals surface area contributed by atoms with Gasteiger partial charge in [0.15, 0.2) is 5.96 Å². The van der Waals surface area contributed by atoms with Gasteiger partial charge in [0.2, 0.25) is 0 Å². The van der Waals surface area contributed by atoms with Crippen LogP contribution in [0.3, 0.4) is 0 Å². The number of nitrogens with zero attached hydrogens (tertiary/aromatic N) is 2. The molecule has 1 aromatic carbocycles. The van der Waals surface area contributed by atoms with Crippen molar-refractivity contribution in [2.75, 3.05) is 6.54 Å². The van der Waals surface area contributed by atoms with Crippen LogP contribution >= 0.6 is 0 Å². The van der Waals surface area contributed by atoms with E-state index in [1.165, 1.54) is 0 Å². The number of rotatable bonds is 3. The van der Waals surface area contributed by atoms with E-state index < -0.39 is 0 Å². The topological polar surface area (TPSA) is 49.3 Å². The Hall–Kier alpha value is -2.10. The fraction of sp³-hybridized carbons (Fsp3) is 0.412. The number of hydrogen-bond donors (Lipinski definition) is 2. The van der Waals surface area contributed by atoms with Gasteiger partial charge in [0.1, 0.15) is 0 Å². The first-order valence-corrected chi connectivity index (χ1v) is 7.39. The Morgan fingerprint density at radius 3 is 2.67 bits per heavy atom. The van der Waals surface area contributed by atoms with Crippen molar-refractivity contribution in [1.29, 1.82) is 0 Å². The number of guanidine groups is 1. The Labute approximate surface area is 126 Å². The number of para-hydroxylation sites is 1. The molecule has 0 saturated heterocycles. The molecule has 0 spiro atoms. The van der Waals surface area contributed by atoms with E-state index >= 15 is 0 Å². The molecule has 0 saturated carbocycles. The molecule has 0 unspecified atom stereocenters. The second-order valence-corrected chi connectivity index (χ2v) is 6.06.